The normalized spacial score (nSPS) is 11.1. The van der Waals surface area contributed by atoms with Gasteiger partial charge in [0.2, 0.25) is 0 Å². The standard InChI is InChI=1S/C21H22N2O4/c1-13-18(24)9-8-17-16(10-19(25)27-20(13)17)12-23(3)11-14-4-6-15(7-5-14)21(26)22-2/h4-10,24H,11-12H2,1-3H3,(H,22,26). The zero-order valence-electron chi connectivity index (χ0n) is 15.6. The summed E-state index contributed by atoms with van der Waals surface area (Å²) < 4.78 is 5.29. The van der Waals surface area contributed by atoms with Crippen molar-refractivity contribution in [3.05, 3.63) is 75.1 Å². The monoisotopic (exact) mass is 366 g/mol. The van der Waals surface area contributed by atoms with E-state index >= 15 is 0 Å². The van der Waals surface area contributed by atoms with Gasteiger partial charge in [-0.15, -0.1) is 0 Å². The fourth-order valence-electron chi connectivity index (χ4n) is 3.11. The van der Waals surface area contributed by atoms with Gasteiger partial charge in [0.1, 0.15) is 11.3 Å². The van der Waals surface area contributed by atoms with Gasteiger partial charge in [0, 0.05) is 42.7 Å². The molecule has 1 aromatic heterocycles. The van der Waals surface area contributed by atoms with E-state index in [-0.39, 0.29) is 11.7 Å². The molecule has 6 heteroatoms. The SMILES string of the molecule is CNC(=O)c1ccc(CN(C)Cc2cc(=O)oc3c(C)c(O)ccc23)cc1. The van der Waals surface area contributed by atoms with Crippen molar-refractivity contribution in [3.8, 4) is 5.75 Å². The van der Waals surface area contributed by atoms with Crippen LogP contribution in [0.1, 0.15) is 27.0 Å². The van der Waals surface area contributed by atoms with Crippen molar-refractivity contribution in [1.82, 2.24) is 10.2 Å². The minimum atomic E-state index is -0.436. The Labute approximate surface area is 157 Å². The molecule has 140 valence electrons. The van der Waals surface area contributed by atoms with Gasteiger partial charge in [-0.05, 0) is 49.4 Å². The topological polar surface area (TPSA) is 82.8 Å². The van der Waals surface area contributed by atoms with E-state index in [4.69, 9.17) is 4.42 Å². The first kappa shape index (κ1) is 18.7. The average Bonchev–Trinajstić information content (AvgIpc) is 2.65. The summed E-state index contributed by atoms with van der Waals surface area (Å²) in [5.74, 6) is -0.0108. The van der Waals surface area contributed by atoms with Gasteiger partial charge in [-0.1, -0.05) is 12.1 Å². The van der Waals surface area contributed by atoms with Crippen molar-refractivity contribution < 1.29 is 14.3 Å². The number of carbonyl (C=O) groups excluding carboxylic acids is 1. The lowest BCUT2D eigenvalue weighted by molar-refractivity contribution is 0.0963. The van der Waals surface area contributed by atoms with E-state index in [0.717, 1.165) is 16.5 Å². The van der Waals surface area contributed by atoms with Crippen molar-refractivity contribution in [1.29, 1.82) is 0 Å². The van der Waals surface area contributed by atoms with Crippen LogP contribution in [-0.2, 0) is 13.1 Å². The summed E-state index contributed by atoms with van der Waals surface area (Å²) >= 11 is 0. The van der Waals surface area contributed by atoms with Crippen LogP contribution < -0.4 is 10.9 Å². The van der Waals surface area contributed by atoms with Gasteiger partial charge in [-0.3, -0.25) is 9.69 Å². The highest BCUT2D eigenvalue weighted by Crippen LogP contribution is 2.28. The second-order valence-corrected chi connectivity index (χ2v) is 6.63. The molecule has 0 atom stereocenters. The fourth-order valence-corrected chi connectivity index (χ4v) is 3.11. The van der Waals surface area contributed by atoms with Crippen LogP contribution in [0.3, 0.4) is 0 Å². The average molecular weight is 366 g/mol. The van der Waals surface area contributed by atoms with E-state index in [9.17, 15) is 14.7 Å². The molecule has 0 radical (unpaired) electrons. The quantitative estimate of drug-likeness (QED) is 0.679. The highest BCUT2D eigenvalue weighted by molar-refractivity contribution is 5.93. The Hall–Kier alpha value is -3.12. The molecule has 6 nitrogen and oxygen atoms in total. The predicted molar refractivity (Wildman–Crippen MR) is 104 cm³/mol. The second-order valence-electron chi connectivity index (χ2n) is 6.63. The smallest absolute Gasteiger partial charge is 0.336 e. The predicted octanol–water partition coefficient (Wildman–Crippen LogP) is 2.80. The number of amides is 1. The van der Waals surface area contributed by atoms with Crippen LogP contribution in [-0.4, -0.2) is 30.0 Å². The van der Waals surface area contributed by atoms with E-state index < -0.39 is 5.63 Å². The number of phenols is 1. The molecular formula is C21H22N2O4. The van der Waals surface area contributed by atoms with Gasteiger partial charge < -0.3 is 14.8 Å². The van der Waals surface area contributed by atoms with Crippen molar-refractivity contribution in [2.45, 2.75) is 20.0 Å². The van der Waals surface area contributed by atoms with Gasteiger partial charge >= 0.3 is 5.63 Å². The van der Waals surface area contributed by atoms with Crippen LogP contribution in [0.25, 0.3) is 11.0 Å². The van der Waals surface area contributed by atoms with Gasteiger partial charge in [0.05, 0.1) is 0 Å². The van der Waals surface area contributed by atoms with Crippen molar-refractivity contribution in [2.75, 3.05) is 14.1 Å². The molecule has 0 aliphatic carbocycles. The van der Waals surface area contributed by atoms with Crippen LogP contribution in [0, 0.1) is 6.92 Å². The number of phenolic OH excluding ortho intramolecular Hbond substituents is 1. The van der Waals surface area contributed by atoms with Gasteiger partial charge in [-0.25, -0.2) is 4.79 Å². The number of nitrogens with one attached hydrogen (secondary N) is 1. The van der Waals surface area contributed by atoms with Crippen molar-refractivity contribution >= 4 is 16.9 Å². The molecular weight excluding hydrogens is 344 g/mol. The number of nitrogens with zero attached hydrogens (tertiary/aromatic N) is 1. The summed E-state index contributed by atoms with van der Waals surface area (Å²) in [7, 11) is 3.56. The molecule has 3 aromatic rings. The Balaban J connectivity index is 1.82. The maximum absolute atomic E-state index is 11.9. The third-order valence-corrected chi connectivity index (χ3v) is 4.55. The molecule has 2 N–H and O–H groups in total. The van der Waals surface area contributed by atoms with E-state index in [1.54, 1.807) is 38.2 Å². The summed E-state index contributed by atoms with van der Waals surface area (Å²) in [5.41, 5.74) is 3.06. The van der Waals surface area contributed by atoms with Crippen molar-refractivity contribution in [2.24, 2.45) is 0 Å². The van der Waals surface area contributed by atoms with Crippen LogP contribution in [0.5, 0.6) is 5.75 Å². The molecule has 0 aliphatic heterocycles. The fraction of sp³-hybridized carbons (Fsp3) is 0.238. The molecule has 0 aliphatic rings. The highest BCUT2D eigenvalue weighted by Gasteiger charge is 2.12. The zero-order chi connectivity index (χ0) is 19.6. The highest BCUT2D eigenvalue weighted by atomic mass is 16.4. The molecule has 1 amide bonds. The summed E-state index contributed by atoms with van der Waals surface area (Å²) in [5, 5.41) is 13.3. The Bertz CT molecular complexity index is 1040. The van der Waals surface area contributed by atoms with E-state index in [2.05, 4.69) is 10.2 Å². The van der Waals surface area contributed by atoms with Crippen molar-refractivity contribution in [3.63, 3.8) is 0 Å². The molecule has 0 bridgehead atoms. The Morgan fingerprint density at radius 1 is 1.15 bits per heavy atom. The van der Waals surface area contributed by atoms with Crippen LogP contribution in [0.15, 0.2) is 51.7 Å². The lowest BCUT2D eigenvalue weighted by Crippen LogP contribution is -2.19. The Morgan fingerprint density at radius 2 is 1.85 bits per heavy atom. The molecule has 0 fully saturated rings. The van der Waals surface area contributed by atoms with E-state index in [1.807, 2.05) is 19.2 Å². The first-order valence-corrected chi connectivity index (χ1v) is 8.64. The molecule has 0 spiro atoms. The number of aromatic hydroxyl groups is 1. The number of aryl methyl sites for hydroxylation is 1. The molecule has 3 rings (SSSR count). The number of benzene rings is 2. The van der Waals surface area contributed by atoms with E-state index in [1.165, 1.54) is 6.07 Å². The molecule has 2 aromatic carbocycles. The molecule has 0 saturated carbocycles. The molecule has 0 unspecified atom stereocenters. The van der Waals surface area contributed by atoms with Crippen LogP contribution in [0.2, 0.25) is 0 Å². The third kappa shape index (κ3) is 4.01. The Kier molecular flexibility index (Phi) is 5.28. The van der Waals surface area contributed by atoms with Gasteiger partial charge in [0.15, 0.2) is 0 Å². The minimum Gasteiger partial charge on any atom is -0.508 e. The number of carbonyl (C=O) groups is 1. The maximum atomic E-state index is 11.9. The maximum Gasteiger partial charge on any atom is 0.336 e. The number of fused-ring (bicyclic) bond motifs is 1. The van der Waals surface area contributed by atoms with E-state index in [0.29, 0.717) is 29.8 Å². The molecule has 27 heavy (non-hydrogen) atoms. The first-order chi connectivity index (χ1) is 12.9. The summed E-state index contributed by atoms with van der Waals surface area (Å²) in [6, 6.07) is 12.3. The van der Waals surface area contributed by atoms with Gasteiger partial charge in [-0.2, -0.15) is 0 Å². The van der Waals surface area contributed by atoms with Gasteiger partial charge in [0.25, 0.3) is 5.91 Å². The number of hydrogen-bond acceptors (Lipinski definition) is 5. The lowest BCUT2D eigenvalue weighted by Gasteiger charge is -2.18. The molecule has 0 saturated heterocycles. The van der Waals surface area contributed by atoms with Crippen LogP contribution in [0.4, 0.5) is 0 Å². The minimum absolute atomic E-state index is 0.104. The third-order valence-electron chi connectivity index (χ3n) is 4.55. The van der Waals surface area contributed by atoms with Crippen LogP contribution >= 0.6 is 0 Å². The second kappa shape index (κ2) is 7.63. The number of rotatable bonds is 5. The molecule has 1 heterocycles. The lowest BCUT2D eigenvalue weighted by atomic mass is 10.1. The summed E-state index contributed by atoms with van der Waals surface area (Å²) in [6.07, 6.45) is 0. The number of hydrogen-bond donors (Lipinski definition) is 2. The largest absolute Gasteiger partial charge is 0.508 e. The summed E-state index contributed by atoms with van der Waals surface area (Å²) in [4.78, 5) is 25.6. The zero-order valence-corrected chi connectivity index (χ0v) is 15.6. The summed E-state index contributed by atoms with van der Waals surface area (Å²) in [6.45, 7) is 2.93. The first-order valence-electron chi connectivity index (χ1n) is 8.64. The Morgan fingerprint density at radius 3 is 2.52 bits per heavy atom.